The molecule has 1 atom stereocenters. The number of carbonyl (C=O) groups excluding carboxylic acids is 1. The van der Waals surface area contributed by atoms with Gasteiger partial charge in [-0.25, -0.2) is 8.42 Å². The van der Waals surface area contributed by atoms with Gasteiger partial charge in [0.1, 0.15) is 16.8 Å². The Bertz CT molecular complexity index is 523. The summed E-state index contributed by atoms with van der Waals surface area (Å²) in [6, 6.07) is -0.747. The first-order chi connectivity index (χ1) is 8.00. The van der Waals surface area contributed by atoms with Gasteiger partial charge in [0.05, 0.1) is 6.20 Å². The van der Waals surface area contributed by atoms with Crippen molar-refractivity contribution in [1.29, 1.82) is 0 Å². The second-order valence-electron chi connectivity index (χ2n) is 3.76. The van der Waals surface area contributed by atoms with E-state index in [0.29, 0.717) is 13.0 Å². The van der Waals surface area contributed by atoms with E-state index in [-0.39, 0.29) is 16.6 Å². The lowest BCUT2D eigenvalue weighted by atomic mass is 10.1. The third kappa shape index (κ3) is 2.39. The molecule has 8 nitrogen and oxygen atoms in total. The summed E-state index contributed by atoms with van der Waals surface area (Å²) >= 11 is 0. The Labute approximate surface area is 98.0 Å². The molecule has 0 bridgehead atoms. The normalized spacial score (nSPS) is 21.2. The van der Waals surface area contributed by atoms with Crippen molar-refractivity contribution in [3.8, 4) is 0 Å². The average molecular weight is 259 g/mol. The number of nitrogens with zero attached hydrogens (tertiary/aromatic N) is 1. The Morgan fingerprint density at radius 1 is 1.53 bits per heavy atom. The van der Waals surface area contributed by atoms with Crippen molar-refractivity contribution in [3.05, 3.63) is 6.20 Å². The summed E-state index contributed by atoms with van der Waals surface area (Å²) in [6.45, 7) is 0.574. The molecule has 0 aliphatic carbocycles. The van der Waals surface area contributed by atoms with Crippen LogP contribution in [0, 0.1) is 0 Å². The van der Waals surface area contributed by atoms with Gasteiger partial charge in [-0.15, -0.1) is 0 Å². The smallest absolute Gasteiger partial charge is 0.246 e. The second-order valence-corrected chi connectivity index (χ2v) is 5.44. The van der Waals surface area contributed by atoms with E-state index >= 15 is 0 Å². The molecule has 5 N–H and O–H groups in total. The molecule has 1 aromatic heterocycles. The molecule has 17 heavy (non-hydrogen) atoms. The predicted molar refractivity (Wildman–Crippen MR) is 59.4 cm³/mol. The number of hydrogen-bond acceptors (Lipinski definition) is 5. The largest absolute Gasteiger partial charge is 0.383 e. The highest BCUT2D eigenvalue weighted by atomic mass is 32.2. The van der Waals surface area contributed by atoms with Gasteiger partial charge in [-0.2, -0.15) is 9.82 Å². The summed E-state index contributed by atoms with van der Waals surface area (Å²) in [5.41, 5.74) is 5.43. The third-order valence-electron chi connectivity index (χ3n) is 2.50. The van der Waals surface area contributed by atoms with Crippen LogP contribution >= 0.6 is 0 Å². The second kappa shape index (κ2) is 4.34. The van der Waals surface area contributed by atoms with E-state index in [1.54, 1.807) is 0 Å². The van der Waals surface area contributed by atoms with Crippen LogP contribution in [-0.2, 0) is 14.8 Å². The lowest BCUT2D eigenvalue weighted by Gasteiger charge is -2.22. The topological polar surface area (TPSA) is 130 Å². The minimum absolute atomic E-state index is 0.0475. The zero-order valence-corrected chi connectivity index (χ0v) is 9.75. The van der Waals surface area contributed by atoms with E-state index in [4.69, 9.17) is 5.73 Å². The maximum atomic E-state index is 11.9. The first kappa shape index (κ1) is 11.9. The van der Waals surface area contributed by atoms with Gasteiger partial charge >= 0.3 is 0 Å². The van der Waals surface area contributed by atoms with E-state index < -0.39 is 16.1 Å². The molecule has 1 aliphatic heterocycles. The predicted octanol–water partition coefficient (Wildman–Crippen LogP) is -1.45. The number of hydrogen-bond donors (Lipinski definition) is 4. The summed E-state index contributed by atoms with van der Waals surface area (Å²) in [4.78, 5) is 11.3. The Kier molecular flexibility index (Phi) is 3.03. The van der Waals surface area contributed by atoms with Crippen molar-refractivity contribution < 1.29 is 13.2 Å². The number of aromatic nitrogens is 2. The highest BCUT2D eigenvalue weighted by molar-refractivity contribution is 7.89. The third-order valence-corrected chi connectivity index (χ3v) is 4.00. The maximum Gasteiger partial charge on any atom is 0.246 e. The van der Waals surface area contributed by atoms with Crippen LogP contribution in [0.1, 0.15) is 12.8 Å². The molecule has 2 heterocycles. The summed E-state index contributed by atoms with van der Waals surface area (Å²) in [5, 5.41) is 8.46. The maximum absolute atomic E-state index is 11.9. The molecule has 94 valence electrons. The summed E-state index contributed by atoms with van der Waals surface area (Å²) in [6.07, 6.45) is 2.32. The van der Waals surface area contributed by atoms with Crippen LogP contribution < -0.4 is 15.8 Å². The number of amides is 1. The van der Waals surface area contributed by atoms with E-state index in [0.717, 1.165) is 12.6 Å². The van der Waals surface area contributed by atoms with Crippen LogP contribution in [0.15, 0.2) is 11.1 Å². The molecule has 0 saturated carbocycles. The number of anilines is 1. The van der Waals surface area contributed by atoms with E-state index in [2.05, 4.69) is 20.2 Å². The molecular weight excluding hydrogens is 246 g/mol. The molecular formula is C8H13N5O3S. The highest BCUT2D eigenvalue weighted by Crippen LogP contribution is 2.15. The Morgan fingerprint density at radius 3 is 2.88 bits per heavy atom. The lowest BCUT2D eigenvalue weighted by Crippen LogP contribution is -2.50. The molecule has 1 unspecified atom stereocenters. The van der Waals surface area contributed by atoms with Crippen molar-refractivity contribution in [2.45, 2.75) is 23.8 Å². The van der Waals surface area contributed by atoms with Crippen molar-refractivity contribution in [2.75, 3.05) is 12.3 Å². The van der Waals surface area contributed by atoms with Gasteiger partial charge in [0.15, 0.2) is 0 Å². The molecule has 0 spiro atoms. The Hall–Kier alpha value is -1.61. The fourth-order valence-corrected chi connectivity index (χ4v) is 2.89. The molecule has 1 saturated heterocycles. The number of nitrogens with one attached hydrogen (secondary N) is 3. The average Bonchev–Trinajstić information content (AvgIpc) is 2.68. The minimum atomic E-state index is -3.81. The number of nitrogen functional groups attached to an aromatic ring is 1. The van der Waals surface area contributed by atoms with Gasteiger partial charge in [-0.3, -0.25) is 9.89 Å². The Balaban J connectivity index is 2.18. The zero-order valence-electron chi connectivity index (χ0n) is 8.93. The van der Waals surface area contributed by atoms with Crippen molar-refractivity contribution in [1.82, 2.24) is 20.2 Å². The fraction of sp³-hybridized carbons (Fsp3) is 0.500. The molecule has 0 aromatic carbocycles. The van der Waals surface area contributed by atoms with Crippen molar-refractivity contribution in [2.24, 2.45) is 0 Å². The molecule has 1 aromatic rings. The standard InChI is InChI=1S/C8H13N5O3S/c9-7-6(4-11-12-7)17(15,16)13-5-2-1-3-10-8(5)14/h4-5,13H,1-3H2,(H,10,14)(H3,9,11,12). The number of nitrogens with two attached hydrogens (primary N) is 1. The van der Waals surface area contributed by atoms with Gasteiger partial charge < -0.3 is 11.1 Å². The molecule has 9 heteroatoms. The van der Waals surface area contributed by atoms with E-state index in [1.807, 2.05) is 0 Å². The number of carbonyl (C=O) groups is 1. The van der Waals surface area contributed by atoms with Crippen LogP contribution in [0.4, 0.5) is 5.82 Å². The first-order valence-electron chi connectivity index (χ1n) is 5.09. The molecule has 2 rings (SSSR count). The highest BCUT2D eigenvalue weighted by Gasteiger charge is 2.29. The molecule has 1 fully saturated rings. The zero-order chi connectivity index (χ0) is 12.5. The molecule has 1 aliphatic rings. The summed E-state index contributed by atoms with van der Waals surface area (Å²) in [5.74, 6) is -0.365. The van der Waals surface area contributed by atoms with Gasteiger partial charge in [0.25, 0.3) is 0 Å². The lowest BCUT2D eigenvalue weighted by molar-refractivity contribution is -0.124. The first-order valence-corrected chi connectivity index (χ1v) is 6.58. The van der Waals surface area contributed by atoms with Crippen LogP contribution in [0.2, 0.25) is 0 Å². The summed E-state index contributed by atoms with van der Waals surface area (Å²) in [7, 11) is -3.81. The molecule has 1 amide bonds. The Morgan fingerprint density at radius 2 is 2.29 bits per heavy atom. The molecule has 0 radical (unpaired) electrons. The quantitative estimate of drug-likeness (QED) is 0.527. The van der Waals surface area contributed by atoms with Crippen LogP contribution in [-0.4, -0.2) is 37.1 Å². The van der Waals surface area contributed by atoms with Crippen LogP contribution in [0.25, 0.3) is 0 Å². The van der Waals surface area contributed by atoms with Crippen LogP contribution in [0.5, 0.6) is 0 Å². The van der Waals surface area contributed by atoms with E-state index in [1.165, 1.54) is 0 Å². The van der Waals surface area contributed by atoms with Gasteiger partial charge in [0, 0.05) is 6.54 Å². The monoisotopic (exact) mass is 259 g/mol. The van der Waals surface area contributed by atoms with Crippen molar-refractivity contribution in [3.63, 3.8) is 0 Å². The number of H-pyrrole nitrogens is 1. The van der Waals surface area contributed by atoms with Crippen molar-refractivity contribution >= 4 is 21.7 Å². The van der Waals surface area contributed by atoms with Gasteiger partial charge in [-0.05, 0) is 12.8 Å². The van der Waals surface area contributed by atoms with E-state index in [9.17, 15) is 13.2 Å². The van der Waals surface area contributed by atoms with Crippen LogP contribution in [0.3, 0.4) is 0 Å². The van der Waals surface area contributed by atoms with Gasteiger partial charge in [-0.1, -0.05) is 0 Å². The number of rotatable bonds is 3. The van der Waals surface area contributed by atoms with Gasteiger partial charge in [0.2, 0.25) is 15.9 Å². The minimum Gasteiger partial charge on any atom is -0.383 e. The summed E-state index contributed by atoms with van der Waals surface area (Å²) < 4.78 is 26.1. The number of sulfonamides is 1. The SMILES string of the molecule is Nc1[nH]ncc1S(=O)(=O)NC1CCCNC1=O. The fourth-order valence-electron chi connectivity index (χ4n) is 1.63. The number of piperidine rings is 1. The number of aromatic amines is 1.